The largest absolute Gasteiger partial charge is 0.486 e. The van der Waals surface area contributed by atoms with Gasteiger partial charge in [-0.1, -0.05) is 25.2 Å². The molecule has 5 nitrogen and oxygen atoms in total. The molecule has 0 aromatic heterocycles. The highest BCUT2D eigenvalue weighted by molar-refractivity contribution is 7.93. The van der Waals surface area contributed by atoms with E-state index < -0.39 is 10.0 Å². The third kappa shape index (κ3) is 3.36. The smallest absolute Gasteiger partial charge is 0.235 e. The van der Waals surface area contributed by atoms with E-state index in [1.165, 1.54) is 4.31 Å². The summed E-state index contributed by atoms with van der Waals surface area (Å²) in [7, 11) is -3.21. The molecule has 1 saturated heterocycles. The molecule has 0 aliphatic carbocycles. The van der Waals surface area contributed by atoms with Crippen LogP contribution in [0.1, 0.15) is 6.92 Å². The lowest BCUT2D eigenvalue weighted by atomic mass is 10.2. The number of benzene rings is 1. The van der Waals surface area contributed by atoms with Crippen molar-refractivity contribution in [3.8, 4) is 5.75 Å². The van der Waals surface area contributed by atoms with Crippen LogP contribution in [0.4, 0.5) is 5.69 Å². The number of hydrogen-bond acceptors (Lipinski definition) is 4. The summed E-state index contributed by atoms with van der Waals surface area (Å²) >= 11 is 4.73. The first-order valence-electron chi connectivity index (χ1n) is 5.90. The molecule has 1 fully saturated rings. The molecule has 104 valence electrons. The van der Waals surface area contributed by atoms with Crippen LogP contribution in [0.25, 0.3) is 0 Å². The van der Waals surface area contributed by atoms with Crippen molar-refractivity contribution < 1.29 is 13.2 Å². The van der Waals surface area contributed by atoms with Crippen LogP contribution in [0.3, 0.4) is 0 Å². The molecule has 1 aromatic carbocycles. The molecule has 7 heteroatoms. The van der Waals surface area contributed by atoms with Crippen molar-refractivity contribution in [3.63, 3.8) is 0 Å². The Labute approximate surface area is 118 Å². The van der Waals surface area contributed by atoms with Gasteiger partial charge in [-0.2, -0.15) is 0 Å². The topological polar surface area (TPSA) is 72.6 Å². The van der Waals surface area contributed by atoms with E-state index in [4.69, 9.17) is 22.7 Å². The Balaban J connectivity index is 2.21. The Morgan fingerprint density at radius 1 is 1.58 bits per heavy atom. The molecule has 19 heavy (non-hydrogen) atoms. The molecular weight excluding hydrogens is 284 g/mol. The number of nitrogens with zero attached hydrogens (tertiary/aromatic N) is 1. The number of nitrogens with two attached hydrogens (primary N) is 1. The molecule has 0 spiro atoms. The maximum Gasteiger partial charge on any atom is 0.235 e. The highest BCUT2D eigenvalue weighted by Gasteiger charge is 2.33. The van der Waals surface area contributed by atoms with Gasteiger partial charge in [0, 0.05) is 12.6 Å². The normalized spacial score (nSPS) is 21.3. The molecule has 0 saturated carbocycles. The highest BCUT2D eigenvalue weighted by Crippen LogP contribution is 2.29. The summed E-state index contributed by atoms with van der Waals surface area (Å²) in [5.41, 5.74) is 5.98. The van der Waals surface area contributed by atoms with Gasteiger partial charge in [0.15, 0.2) is 0 Å². The first-order valence-corrected chi connectivity index (χ1v) is 7.92. The summed E-state index contributed by atoms with van der Waals surface area (Å²) in [5, 5.41) is 0. The fraction of sp³-hybridized carbons (Fsp3) is 0.417. The highest BCUT2D eigenvalue weighted by atomic mass is 32.2. The summed E-state index contributed by atoms with van der Waals surface area (Å²) in [6, 6.07) is 6.94. The van der Waals surface area contributed by atoms with Crippen LogP contribution in [0.15, 0.2) is 24.3 Å². The molecule has 1 aliphatic heterocycles. The van der Waals surface area contributed by atoms with Crippen molar-refractivity contribution in [2.75, 3.05) is 23.2 Å². The summed E-state index contributed by atoms with van der Waals surface area (Å²) in [6.45, 7) is 2.56. The van der Waals surface area contributed by atoms with Crippen LogP contribution in [0.2, 0.25) is 0 Å². The monoisotopic (exact) mass is 300 g/mol. The number of hydrogen-bond donors (Lipinski definition) is 1. The minimum atomic E-state index is -3.21. The molecule has 1 unspecified atom stereocenters. The summed E-state index contributed by atoms with van der Waals surface area (Å²) in [5.74, 6) is 0.872. The Hall–Kier alpha value is -1.34. The van der Waals surface area contributed by atoms with Crippen molar-refractivity contribution in [2.45, 2.75) is 6.92 Å². The van der Waals surface area contributed by atoms with Crippen molar-refractivity contribution in [2.24, 2.45) is 11.7 Å². The van der Waals surface area contributed by atoms with Gasteiger partial charge in [0.1, 0.15) is 17.3 Å². The Bertz CT molecular complexity index is 586. The molecule has 1 heterocycles. The van der Waals surface area contributed by atoms with Gasteiger partial charge in [0.05, 0.1) is 11.4 Å². The second-order valence-corrected chi connectivity index (χ2v) is 7.13. The van der Waals surface area contributed by atoms with Gasteiger partial charge in [-0.15, -0.1) is 0 Å². The van der Waals surface area contributed by atoms with Gasteiger partial charge in [-0.25, -0.2) is 8.42 Å². The Kier molecular flexibility index (Phi) is 3.96. The number of ether oxygens (including phenoxy) is 1. The van der Waals surface area contributed by atoms with E-state index in [1.54, 1.807) is 24.3 Å². The molecule has 2 N–H and O–H groups in total. The maximum atomic E-state index is 12.0. The zero-order valence-electron chi connectivity index (χ0n) is 10.6. The molecule has 2 rings (SSSR count). The van der Waals surface area contributed by atoms with E-state index in [0.717, 1.165) is 0 Å². The number of anilines is 1. The third-order valence-electron chi connectivity index (χ3n) is 2.80. The van der Waals surface area contributed by atoms with Crippen molar-refractivity contribution in [1.29, 1.82) is 0 Å². The third-order valence-corrected chi connectivity index (χ3v) is 4.93. The number of thiocarbonyl (C=S) groups is 1. The lowest BCUT2D eigenvalue weighted by molar-refractivity contribution is 0.378. The van der Waals surface area contributed by atoms with Gasteiger partial charge in [0.2, 0.25) is 10.0 Å². The Morgan fingerprint density at radius 3 is 2.89 bits per heavy atom. The predicted octanol–water partition coefficient (Wildman–Crippen LogP) is 1.14. The molecule has 1 atom stereocenters. The van der Waals surface area contributed by atoms with E-state index in [0.29, 0.717) is 18.0 Å². The molecular formula is C12H16N2O3S2. The maximum absolute atomic E-state index is 12.0. The lowest BCUT2D eigenvalue weighted by Gasteiger charge is -2.18. The quantitative estimate of drug-likeness (QED) is 0.844. The minimum absolute atomic E-state index is 0.131. The first-order chi connectivity index (χ1) is 8.88. The number of rotatable bonds is 4. The number of sulfonamides is 1. The second kappa shape index (κ2) is 5.34. The fourth-order valence-corrected chi connectivity index (χ4v) is 4.03. The lowest BCUT2D eigenvalue weighted by Crippen LogP contribution is -2.25. The molecule has 0 bridgehead atoms. The van der Waals surface area contributed by atoms with E-state index in [9.17, 15) is 8.42 Å². The molecule has 1 aliphatic rings. The Morgan fingerprint density at radius 2 is 2.32 bits per heavy atom. The zero-order chi connectivity index (χ0) is 14.0. The van der Waals surface area contributed by atoms with Gasteiger partial charge in [-0.3, -0.25) is 4.31 Å². The first kappa shape index (κ1) is 14.1. The summed E-state index contributed by atoms with van der Waals surface area (Å²) in [4.78, 5) is 0.257. The SMILES string of the molecule is CC1CN(c2cccc(OCC(N)=S)c2)S(=O)(=O)C1. The van der Waals surface area contributed by atoms with Gasteiger partial charge in [-0.05, 0) is 18.1 Å². The van der Waals surface area contributed by atoms with Crippen LogP contribution in [-0.4, -0.2) is 32.3 Å². The van der Waals surface area contributed by atoms with Crippen LogP contribution in [0.5, 0.6) is 5.75 Å². The summed E-state index contributed by atoms with van der Waals surface area (Å²) in [6.07, 6.45) is 0. The van der Waals surface area contributed by atoms with E-state index in [2.05, 4.69) is 0 Å². The van der Waals surface area contributed by atoms with Crippen molar-refractivity contribution >= 4 is 32.9 Å². The molecule has 0 radical (unpaired) electrons. The molecule has 1 aromatic rings. The van der Waals surface area contributed by atoms with Crippen molar-refractivity contribution in [1.82, 2.24) is 0 Å². The average Bonchev–Trinajstić information content (AvgIpc) is 2.60. The van der Waals surface area contributed by atoms with Crippen LogP contribution in [0, 0.1) is 5.92 Å². The minimum Gasteiger partial charge on any atom is -0.486 e. The van der Waals surface area contributed by atoms with E-state index in [1.807, 2.05) is 6.92 Å². The van der Waals surface area contributed by atoms with Crippen LogP contribution < -0.4 is 14.8 Å². The van der Waals surface area contributed by atoms with Gasteiger partial charge >= 0.3 is 0 Å². The fourth-order valence-electron chi connectivity index (χ4n) is 2.05. The van der Waals surface area contributed by atoms with E-state index in [-0.39, 0.29) is 23.3 Å². The zero-order valence-corrected chi connectivity index (χ0v) is 12.2. The average molecular weight is 300 g/mol. The van der Waals surface area contributed by atoms with Crippen molar-refractivity contribution in [3.05, 3.63) is 24.3 Å². The van der Waals surface area contributed by atoms with Gasteiger partial charge in [0.25, 0.3) is 0 Å². The van der Waals surface area contributed by atoms with Crippen LogP contribution >= 0.6 is 12.2 Å². The predicted molar refractivity (Wildman–Crippen MR) is 79.0 cm³/mol. The summed E-state index contributed by atoms with van der Waals surface area (Å²) < 4.78 is 30.8. The molecule has 0 amide bonds. The standard InChI is InChI=1S/C12H16N2O3S2/c1-9-6-14(19(15,16)8-9)10-3-2-4-11(5-10)17-7-12(13)18/h2-5,9H,6-8H2,1H3,(H2,13,18). The van der Waals surface area contributed by atoms with E-state index >= 15 is 0 Å². The van der Waals surface area contributed by atoms with Crippen LogP contribution in [-0.2, 0) is 10.0 Å². The van der Waals surface area contributed by atoms with Gasteiger partial charge < -0.3 is 10.5 Å². The second-order valence-electron chi connectivity index (χ2n) is 4.67.